The maximum Gasteiger partial charge on any atom is 0.323 e. The highest BCUT2D eigenvalue weighted by Crippen LogP contribution is 2.34. The number of aromatic nitrogens is 2. The minimum atomic E-state index is -4.24. The van der Waals surface area contributed by atoms with E-state index in [1.54, 1.807) is 0 Å². The van der Waals surface area contributed by atoms with Gasteiger partial charge in [-0.05, 0) is 18.2 Å². The monoisotopic (exact) mass is 407 g/mol. The number of carboxylic acids is 1. The molecular formula is C15H13N5O7S. The number of benzene rings is 1. The van der Waals surface area contributed by atoms with Crippen molar-refractivity contribution in [3.8, 4) is 5.75 Å². The fourth-order valence-electron chi connectivity index (χ4n) is 2.31. The Morgan fingerprint density at radius 3 is 2.75 bits per heavy atom. The number of aliphatic carboxylic acids is 1. The first kappa shape index (κ1) is 19.2. The van der Waals surface area contributed by atoms with Crippen LogP contribution in [0.15, 0.2) is 41.7 Å². The minimum absolute atomic E-state index is 0.0122. The lowest BCUT2D eigenvalue weighted by Gasteiger charge is -2.28. The number of anilines is 1. The van der Waals surface area contributed by atoms with Gasteiger partial charge < -0.3 is 9.84 Å². The van der Waals surface area contributed by atoms with Crippen molar-refractivity contribution in [3.05, 3.63) is 42.5 Å². The molecule has 146 valence electrons. The fraction of sp³-hybridized carbons (Fsp3) is 0.133. The van der Waals surface area contributed by atoms with E-state index in [2.05, 4.69) is 9.97 Å². The highest BCUT2D eigenvalue weighted by molar-refractivity contribution is 7.89. The first-order chi connectivity index (χ1) is 13.3. The SMILES string of the molecule is O=C(O)CN1C(=O)COc2ccc(S(=O)(=O)NNC(=O)c3cnccn3)cc21. The summed E-state index contributed by atoms with van der Waals surface area (Å²) in [6.45, 7) is -1.02. The van der Waals surface area contributed by atoms with Crippen LogP contribution < -0.4 is 19.9 Å². The average Bonchev–Trinajstić information content (AvgIpc) is 2.68. The van der Waals surface area contributed by atoms with Gasteiger partial charge in [0, 0.05) is 12.4 Å². The van der Waals surface area contributed by atoms with E-state index < -0.39 is 34.4 Å². The van der Waals surface area contributed by atoms with Crippen molar-refractivity contribution in [2.75, 3.05) is 18.1 Å². The molecule has 2 amide bonds. The number of nitrogens with zero attached hydrogens (tertiary/aromatic N) is 3. The zero-order valence-corrected chi connectivity index (χ0v) is 14.8. The highest BCUT2D eigenvalue weighted by atomic mass is 32.2. The van der Waals surface area contributed by atoms with Crippen molar-refractivity contribution in [2.24, 2.45) is 0 Å². The molecule has 0 fully saturated rings. The predicted molar refractivity (Wildman–Crippen MR) is 91.7 cm³/mol. The van der Waals surface area contributed by atoms with Crippen molar-refractivity contribution in [1.82, 2.24) is 20.2 Å². The third-order valence-corrected chi connectivity index (χ3v) is 4.82. The van der Waals surface area contributed by atoms with E-state index in [1.165, 1.54) is 24.5 Å². The molecule has 0 aliphatic carbocycles. The molecule has 3 N–H and O–H groups in total. The lowest BCUT2D eigenvalue weighted by atomic mass is 10.2. The number of fused-ring (bicyclic) bond motifs is 1. The molecule has 1 aliphatic rings. The highest BCUT2D eigenvalue weighted by Gasteiger charge is 2.29. The molecule has 13 heteroatoms. The molecule has 0 saturated heterocycles. The molecule has 0 atom stereocenters. The number of amides is 2. The summed E-state index contributed by atoms with van der Waals surface area (Å²) >= 11 is 0. The average molecular weight is 407 g/mol. The zero-order valence-electron chi connectivity index (χ0n) is 14.0. The van der Waals surface area contributed by atoms with Crippen molar-refractivity contribution in [3.63, 3.8) is 0 Å². The Balaban J connectivity index is 1.83. The van der Waals surface area contributed by atoms with Crippen LogP contribution >= 0.6 is 0 Å². The molecule has 2 heterocycles. The lowest BCUT2D eigenvalue weighted by Crippen LogP contribution is -2.43. The normalized spacial score (nSPS) is 13.4. The number of sulfonamides is 1. The lowest BCUT2D eigenvalue weighted by molar-refractivity contribution is -0.137. The van der Waals surface area contributed by atoms with Crippen LogP contribution in [-0.2, 0) is 19.6 Å². The predicted octanol–water partition coefficient (Wildman–Crippen LogP) is -1.09. The van der Waals surface area contributed by atoms with Crippen molar-refractivity contribution >= 4 is 33.5 Å². The van der Waals surface area contributed by atoms with Crippen LogP contribution in [0.1, 0.15) is 10.5 Å². The number of hydrogen-bond acceptors (Lipinski definition) is 8. The van der Waals surface area contributed by atoms with Crippen molar-refractivity contribution in [1.29, 1.82) is 0 Å². The van der Waals surface area contributed by atoms with Crippen LogP contribution in [0.3, 0.4) is 0 Å². The van der Waals surface area contributed by atoms with Gasteiger partial charge in [-0.1, -0.05) is 0 Å². The Morgan fingerprint density at radius 2 is 2.07 bits per heavy atom. The number of carbonyl (C=O) groups excluding carboxylic acids is 2. The third kappa shape index (κ3) is 4.05. The van der Waals surface area contributed by atoms with Crippen LogP contribution in [0.4, 0.5) is 5.69 Å². The summed E-state index contributed by atoms with van der Waals surface area (Å²) in [5.74, 6) is -2.58. The first-order valence-corrected chi connectivity index (χ1v) is 9.13. The number of carboxylic acid groups (broad SMARTS) is 1. The van der Waals surface area contributed by atoms with Gasteiger partial charge in [0.05, 0.1) is 16.8 Å². The van der Waals surface area contributed by atoms with Crippen LogP contribution in [0.5, 0.6) is 5.75 Å². The zero-order chi connectivity index (χ0) is 20.3. The van der Waals surface area contributed by atoms with Crippen LogP contribution in [0, 0.1) is 0 Å². The van der Waals surface area contributed by atoms with Crippen LogP contribution in [0.25, 0.3) is 0 Å². The standard InChI is InChI=1S/C15H13N5O7S/c21-13-8-27-12-2-1-9(5-11(12)20(13)7-14(22)23)28(25,26)19-18-15(24)10-6-16-3-4-17-10/h1-6,19H,7-8H2,(H,18,24)(H,22,23). The van der Waals surface area contributed by atoms with Crippen LogP contribution in [0.2, 0.25) is 0 Å². The Bertz CT molecular complexity index is 1040. The summed E-state index contributed by atoms with van der Waals surface area (Å²) in [6.07, 6.45) is 3.76. The number of hydrogen-bond donors (Lipinski definition) is 3. The summed E-state index contributed by atoms with van der Waals surface area (Å²) in [4.78, 5) is 44.7. The molecular weight excluding hydrogens is 394 g/mol. The second kappa shape index (κ2) is 7.58. The molecule has 1 aromatic carbocycles. The molecule has 1 aliphatic heterocycles. The number of hydrazine groups is 1. The van der Waals surface area contributed by atoms with E-state index in [-0.39, 0.29) is 28.6 Å². The minimum Gasteiger partial charge on any atom is -0.482 e. The molecule has 0 radical (unpaired) electrons. The van der Waals surface area contributed by atoms with E-state index in [9.17, 15) is 22.8 Å². The topological polar surface area (TPSA) is 168 Å². The summed E-state index contributed by atoms with van der Waals surface area (Å²) in [7, 11) is -4.24. The molecule has 0 unspecified atom stereocenters. The molecule has 2 aromatic rings. The van der Waals surface area contributed by atoms with E-state index in [4.69, 9.17) is 9.84 Å². The fourth-order valence-corrected chi connectivity index (χ4v) is 3.17. The molecule has 1 aromatic heterocycles. The van der Waals surface area contributed by atoms with Gasteiger partial charge in [-0.3, -0.25) is 29.7 Å². The van der Waals surface area contributed by atoms with Gasteiger partial charge in [-0.15, -0.1) is 4.83 Å². The van der Waals surface area contributed by atoms with E-state index in [1.807, 2.05) is 10.3 Å². The summed E-state index contributed by atoms with van der Waals surface area (Å²) in [6, 6.07) is 3.55. The molecule has 3 rings (SSSR count). The Hall–Kier alpha value is -3.58. The van der Waals surface area contributed by atoms with Gasteiger partial charge in [0.1, 0.15) is 18.0 Å². The van der Waals surface area contributed by atoms with Crippen molar-refractivity contribution < 1.29 is 32.6 Å². The maximum absolute atomic E-state index is 12.4. The number of carbonyl (C=O) groups is 3. The van der Waals surface area contributed by atoms with Gasteiger partial charge in [0.15, 0.2) is 6.61 Å². The van der Waals surface area contributed by atoms with Gasteiger partial charge in [0.25, 0.3) is 21.8 Å². The summed E-state index contributed by atoms with van der Waals surface area (Å²) < 4.78 is 30.1. The van der Waals surface area contributed by atoms with Crippen LogP contribution in [-0.4, -0.2) is 54.4 Å². The molecule has 0 saturated carbocycles. The number of ether oxygens (including phenoxy) is 1. The van der Waals surface area contributed by atoms with E-state index >= 15 is 0 Å². The van der Waals surface area contributed by atoms with E-state index in [0.29, 0.717) is 0 Å². The quantitative estimate of drug-likeness (QED) is 0.504. The van der Waals surface area contributed by atoms with Crippen molar-refractivity contribution in [2.45, 2.75) is 4.90 Å². The largest absolute Gasteiger partial charge is 0.482 e. The maximum atomic E-state index is 12.4. The molecule has 12 nitrogen and oxygen atoms in total. The van der Waals surface area contributed by atoms with Gasteiger partial charge >= 0.3 is 5.97 Å². The van der Waals surface area contributed by atoms with Gasteiger partial charge in [0.2, 0.25) is 0 Å². The smallest absolute Gasteiger partial charge is 0.323 e. The molecule has 0 bridgehead atoms. The van der Waals surface area contributed by atoms with Gasteiger partial charge in [-0.2, -0.15) is 0 Å². The first-order valence-electron chi connectivity index (χ1n) is 7.65. The Morgan fingerprint density at radius 1 is 1.29 bits per heavy atom. The number of nitrogens with one attached hydrogen (secondary N) is 2. The molecule has 0 spiro atoms. The number of rotatable bonds is 6. The molecule has 28 heavy (non-hydrogen) atoms. The second-order valence-corrected chi connectivity index (χ2v) is 7.12. The third-order valence-electron chi connectivity index (χ3n) is 3.57. The Kier molecular flexibility index (Phi) is 5.19. The van der Waals surface area contributed by atoms with E-state index in [0.717, 1.165) is 17.2 Å². The Labute approximate surface area is 158 Å². The summed E-state index contributed by atoms with van der Waals surface area (Å²) in [5.41, 5.74) is 1.86. The van der Waals surface area contributed by atoms with Gasteiger partial charge in [-0.25, -0.2) is 13.4 Å². The summed E-state index contributed by atoms with van der Waals surface area (Å²) in [5, 5.41) is 8.97. The second-order valence-electron chi connectivity index (χ2n) is 5.44.